The Morgan fingerprint density at radius 2 is 1.27 bits per heavy atom. The van der Waals surface area contributed by atoms with E-state index in [1.165, 1.54) is 6.07 Å². The van der Waals surface area contributed by atoms with Crippen LogP contribution >= 0.6 is 7.14 Å². The van der Waals surface area contributed by atoms with Gasteiger partial charge in [-0.2, -0.15) is 0 Å². The first kappa shape index (κ1) is 16.6. The van der Waals surface area contributed by atoms with Gasteiger partial charge in [0, 0.05) is 16.8 Å². The van der Waals surface area contributed by atoms with Crippen LogP contribution in [0.1, 0.15) is 0 Å². The second-order valence-corrected chi connectivity index (χ2v) is 7.30. The first-order valence-electron chi connectivity index (χ1n) is 6.59. The van der Waals surface area contributed by atoms with E-state index in [1.807, 2.05) is 60.7 Å². The smallest absolute Gasteiger partial charge is 0.506 e. The van der Waals surface area contributed by atoms with Crippen LogP contribution in [0.5, 0.6) is 5.75 Å². The first-order chi connectivity index (χ1) is 10.2. The van der Waals surface area contributed by atoms with Crippen molar-refractivity contribution >= 4 is 23.2 Å². The van der Waals surface area contributed by atoms with Crippen molar-refractivity contribution in [3.63, 3.8) is 0 Å². The summed E-state index contributed by atoms with van der Waals surface area (Å²) in [5.41, 5.74) is 0.224. The molecule has 3 aromatic rings. The molecule has 2 aromatic carbocycles. The van der Waals surface area contributed by atoms with Crippen molar-refractivity contribution in [1.29, 1.82) is 0 Å². The molecule has 0 amide bonds. The molecule has 1 N–H and O–H groups in total. The molecule has 0 atom stereocenters. The zero-order valence-corrected chi connectivity index (χ0v) is 13.1. The molecule has 0 aliphatic rings. The molecule has 104 valence electrons. The van der Waals surface area contributed by atoms with E-state index in [0.717, 1.165) is 0 Å². The first-order valence-corrected chi connectivity index (χ1v) is 8.29. The number of aromatic hydroxyl groups is 1. The average Bonchev–Trinajstić information content (AvgIpc) is 2.56. The fourth-order valence-corrected chi connectivity index (χ4v) is 4.90. The Balaban J connectivity index is 0.00000176. The van der Waals surface area contributed by atoms with Crippen molar-refractivity contribution in [2.45, 2.75) is 0 Å². The molecule has 1 heterocycles. The van der Waals surface area contributed by atoms with Crippen LogP contribution < -0.4 is 34.9 Å². The Labute approximate surface area is 141 Å². The molecule has 0 aliphatic heterocycles. The van der Waals surface area contributed by atoms with Crippen LogP contribution in [0.2, 0.25) is 0 Å². The molecule has 3 nitrogen and oxygen atoms in total. The Morgan fingerprint density at radius 1 is 0.773 bits per heavy atom. The number of benzene rings is 2. The van der Waals surface area contributed by atoms with Crippen molar-refractivity contribution in [2.75, 3.05) is 0 Å². The van der Waals surface area contributed by atoms with E-state index >= 15 is 0 Å². The normalized spacial score (nSPS) is 10.7. The van der Waals surface area contributed by atoms with Gasteiger partial charge in [-0.25, -0.2) is 4.98 Å². The van der Waals surface area contributed by atoms with Gasteiger partial charge in [0.05, 0.1) is 0 Å². The van der Waals surface area contributed by atoms with E-state index in [-0.39, 0.29) is 30.0 Å². The third kappa shape index (κ3) is 2.89. The second kappa shape index (κ2) is 6.98. The van der Waals surface area contributed by atoms with E-state index < -0.39 is 7.14 Å². The fourth-order valence-electron chi connectivity index (χ4n) is 2.30. The van der Waals surface area contributed by atoms with E-state index in [4.69, 9.17) is 0 Å². The molecule has 3 rings (SSSR count). The maximum atomic E-state index is 13.8. The number of hydrogen-bond donors (Lipinski definition) is 1. The third-order valence-corrected chi connectivity index (χ3v) is 6.30. The molecule has 0 radical (unpaired) electrons. The van der Waals surface area contributed by atoms with Gasteiger partial charge in [0.15, 0.2) is 7.14 Å². The summed E-state index contributed by atoms with van der Waals surface area (Å²) in [6, 6.07) is 21.5. The van der Waals surface area contributed by atoms with E-state index in [0.29, 0.717) is 10.6 Å². The van der Waals surface area contributed by atoms with Gasteiger partial charge >= 0.3 is 18.9 Å². The summed E-state index contributed by atoms with van der Waals surface area (Å²) in [5, 5.41) is 11.4. The Hall–Kier alpha value is -1.78. The van der Waals surface area contributed by atoms with E-state index in [9.17, 15) is 9.67 Å². The van der Waals surface area contributed by atoms with Gasteiger partial charge in [-0.05, 0) is 12.1 Å². The van der Waals surface area contributed by atoms with Crippen LogP contribution in [-0.4, -0.2) is 10.1 Å². The fraction of sp³-hybridized carbons (Fsp3) is 0. The molecule has 0 aliphatic carbocycles. The summed E-state index contributed by atoms with van der Waals surface area (Å²) in [7, 11) is -3.18. The van der Waals surface area contributed by atoms with Crippen LogP contribution in [0.4, 0.5) is 0 Å². The van der Waals surface area contributed by atoms with Gasteiger partial charge in [0.25, 0.3) is 0 Å². The summed E-state index contributed by atoms with van der Waals surface area (Å²) >= 11 is 0. The van der Waals surface area contributed by atoms with Gasteiger partial charge < -0.3 is 9.67 Å². The standard InChI is InChI=1S/C17H14NO2P.Li/c19-16-12-7-13-18-17(16)21(20,14-8-3-1-4-9-14)15-10-5-2-6-11-15;/h1-13,19H;/q;+1. The molecule has 0 fully saturated rings. The minimum atomic E-state index is -3.18. The molecule has 22 heavy (non-hydrogen) atoms. The maximum Gasteiger partial charge on any atom is 1.00 e. The largest absolute Gasteiger partial charge is 1.00 e. The van der Waals surface area contributed by atoms with Crippen molar-refractivity contribution in [1.82, 2.24) is 4.98 Å². The molecule has 0 bridgehead atoms. The molecule has 5 heteroatoms. The molecule has 0 spiro atoms. The minimum absolute atomic E-state index is 0. The van der Waals surface area contributed by atoms with Crippen molar-refractivity contribution in [3.8, 4) is 5.75 Å². The Bertz CT molecular complexity index is 751. The summed E-state index contributed by atoms with van der Waals surface area (Å²) in [5.74, 6) is -0.0476. The topological polar surface area (TPSA) is 50.2 Å². The molecule has 1 aromatic heterocycles. The quantitative estimate of drug-likeness (QED) is 0.521. The summed E-state index contributed by atoms with van der Waals surface area (Å²) < 4.78 is 13.8. The SMILES string of the molecule is O=P(c1ccccc1)(c1ccccc1)c1ncccc1O.[Li+]. The number of hydrogen-bond acceptors (Lipinski definition) is 3. The van der Waals surface area contributed by atoms with Crippen molar-refractivity contribution in [2.24, 2.45) is 0 Å². The van der Waals surface area contributed by atoms with Crippen LogP contribution in [-0.2, 0) is 4.57 Å². The summed E-state index contributed by atoms with van der Waals surface area (Å²) in [4.78, 5) is 4.19. The van der Waals surface area contributed by atoms with Crippen LogP contribution in [0, 0.1) is 0 Å². The molecule has 0 saturated carbocycles. The van der Waals surface area contributed by atoms with Crippen LogP contribution in [0.25, 0.3) is 0 Å². The molecule has 0 unspecified atom stereocenters. The van der Waals surface area contributed by atoms with E-state index in [1.54, 1.807) is 12.3 Å². The number of nitrogens with zero attached hydrogens (tertiary/aromatic N) is 1. The summed E-state index contributed by atoms with van der Waals surface area (Å²) in [6.45, 7) is 0. The molecular formula is C17H14LiNO2P+. The average molecular weight is 302 g/mol. The zero-order chi connectivity index (χ0) is 14.7. The molecular weight excluding hydrogens is 288 g/mol. The number of aromatic nitrogens is 1. The predicted molar refractivity (Wildman–Crippen MR) is 85.3 cm³/mol. The molecule has 0 saturated heterocycles. The Kier molecular flexibility index (Phi) is 5.27. The van der Waals surface area contributed by atoms with Gasteiger partial charge in [-0.3, -0.25) is 0 Å². The van der Waals surface area contributed by atoms with Gasteiger partial charge in [-0.15, -0.1) is 0 Å². The van der Waals surface area contributed by atoms with E-state index in [2.05, 4.69) is 4.98 Å². The number of pyridine rings is 1. The van der Waals surface area contributed by atoms with Gasteiger partial charge in [0.2, 0.25) is 0 Å². The third-order valence-electron chi connectivity index (χ3n) is 3.30. The van der Waals surface area contributed by atoms with Gasteiger partial charge in [0.1, 0.15) is 11.2 Å². The summed E-state index contributed by atoms with van der Waals surface area (Å²) in [6.07, 6.45) is 1.55. The second-order valence-electron chi connectivity index (χ2n) is 4.63. The van der Waals surface area contributed by atoms with Crippen molar-refractivity contribution in [3.05, 3.63) is 79.0 Å². The van der Waals surface area contributed by atoms with Crippen LogP contribution in [0.15, 0.2) is 79.0 Å². The minimum Gasteiger partial charge on any atom is -0.506 e. The predicted octanol–water partition coefficient (Wildman–Crippen LogP) is -0.569. The van der Waals surface area contributed by atoms with Crippen LogP contribution in [0.3, 0.4) is 0 Å². The monoisotopic (exact) mass is 302 g/mol. The number of rotatable bonds is 3. The maximum absolute atomic E-state index is 13.8. The zero-order valence-electron chi connectivity index (χ0n) is 12.3. The van der Waals surface area contributed by atoms with Gasteiger partial charge in [-0.1, -0.05) is 60.7 Å². The Morgan fingerprint density at radius 3 is 1.73 bits per heavy atom. The van der Waals surface area contributed by atoms with Crippen molar-refractivity contribution < 1.29 is 28.5 Å².